The first-order valence-electron chi connectivity index (χ1n) is 7.18. The van der Waals surface area contributed by atoms with E-state index in [4.69, 9.17) is 16.3 Å². The number of carbonyl (C=O) groups excluding carboxylic acids is 2. The molecular formula is C17H17ClN2O3. The van der Waals surface area contributed by atoms with Gasteiger partial charge < -0.3 is 4.74 Å². The van der Waals surface area contributed by atoms with E-state index in [2.05, 4.69) is 10.9 Å². The van der Waals surface area contributed by atoms with Gasteiger partial charge in [-0.1, -0.05) is 35.9 Å². The normalized spacial score (nSPS) is 9.96. The van der Waals surface area contributed by atoms with Crippen LogP contribution < -0.4 is 15.6 Å². The minimum Gasteiger partial charge on any atom is -0.494 e. The number of carbonyl (C=O) groups is 2. The van der Waals surface area contributed by atoms with Gasteiger partial charge in [-0.3, -0.25) is 20.4 Å². The molecule has 120 valence electrons. The van der Waals surface area contributed by atoms with Gasteiger partial charge in [-0.25, -0.2) is 0 Å². The van der Waals surface area contributed by atoms with Crippen LogP contribution in [-0.4, -0.2) is 18.4 Å². The van der Waals surface area contributed by atoms with Crippen LogP contribution in [0.3, 0.4) is 0 Å². The molecule has 2 aromatic rings. The lowest BCUT2D eigenvalue weighted by molar-refractivity contribution is -0.122. The lowest BCUT2D eigenvalue weighted by Gasteiger charge is -2.08. The number of para-hydroxylation sites is 1. The highest BCUT2D eigenvalue weighted by molar-refractivity contribution is 6.30. The van der Waals surface area contributed by atoms with Crippen molar-refractivity contribution in [3.05, 3.63) is 65.2 Å². The van der Waals surface area contributed by atoms with Crippen molar-refractivity contribution in [3.8, 4) is 5.75 Å². The summed E-state index contributed by atoms with van der Waals surface area (Å²) in [6.07, 6.45) is 0.802. The van der Waals surface area contributed by atoms with E-state index in [-0.39, 0.29) is 12.3 Å². The van der Waals surface area contributed by atoms with Gasteiger partial charge in [0.25, 0.3) is 5.91 Å². The van der Waals surface area contributed by atoms with Gasteiger partial charge in [0.05, 0.1) is 6.61 Å². The maximum atomic E-state index is 11.8. The Bertz CT molecular complexity index is 662. The molecule has 0 saturated carbocycles. The Morgan fingerprint density at radius 1 is 1.00 bits per heavy atom. The van der Waals surface area contributed by atoms with Crippen LogP contribution in [-0.2, 0) is 4.79 Å². The zero-order chi connectivity index (χ0) is 16.5. The Hall–Kier alpha value is -2.53. The second-order valence-corrected chi connectivity index (χ2v) is 5.21. The molecule has 6 heteroatoms. The Morgan fingerprint density at radius 3 is 2.52 bits per heavy atom. The summed E-state index contributed by atoms with van der Waals surface area (Å²) in [6, 6.07) is 15.8. The molecule has 0 bridgehead atoms. The molecule has 0 aromatic heterocycles. The van der Waals surface area contributed by atoms with Gasteiger partial charge in [-0.2, -0.15) is 0 Å². The molecule has 0 radical (unpaired) electrons. The smallest absolute Gasteiger partial charge is 0.269 e. The van der Waals surface area contributed by atoms with E-state index in [1.165, 1.54) is 6.07 Å². The number of ether oxygens (including phenoxy) is 1. The number of halogens is 1. The van der Waals surface area contributed by atoms with Crippen LogP contribution in [0.25, 0.3) is 0 Å². The fraction of sp³-hybridized carbons (Fsp3) is 0.176. The van der Waals surface area contributed by atoms with Crippen molar-refractivity contribution in [1.29, 1.82) is 0 Å². The SMILES string of the molecule is O=C(CCCOc1ccccc1)NNC(=O)c1cccc(Cl)c1. The van der Waals surface area contributed by atoms with E-state index in [0.29, 0.717) is 23.6 Å². The average molecular weight is 333 g/mol. The molecule has 2 N–H and O–H groups in total. The number of benzene rings is 2. The standard InChI is InChI=1S/C17H17ClN2O3/c18-14-7-4-6-13(12-14)17(22)20-19-16(21)10-5-11-23-15-8-2-1-3-9-15/h1-4,6-9,12H,5,10-11H2,(H,19,21)(H,20,22). The summed E-state index contributed by atoms with van der Waals surface area (Å²) in [5.74, 6) is 0.0700. The highest BCUT2D eigenvalue weighted by Gasteiger charge is 2.07. The molecule has 0 aliphatic carbocycles. The predicted molar refractivity (Wildman–Crippen MR) is 88.2 cm³/mol. The average Bonchev–Trinajstić information content (AvgIpc) is 2.57. The van der Waals surface area contributed by atoms with Crippen LogP contribution in [0.15, 0.2) is 54.6 Å². The van der Waals surface area contributed by atoms with E-state index in [0.717, 1.165) is 5.75 Å². The van der Waals surface area contributed by atoms with Crippen molar-refractivity contribution in [2.45, 2.75) is 12.8 Å². The third-order valence-electron chi connectivity index (χ3n) is 2.96. The van der Waals surface area contributed by atoms with Gasteiger partial charge in [0.15, 0.2) is 0 Å². The molecule has 2 rings (SSSR count). The van der Waals surface area contributed by atoms with Gasteiger partial charge in [0.1, 0.15) is 5.75 Å². The van der Waals surface area contributed by atoms with E-state index in [1.54, 1.807) is 18.2 Å². The highest BCUT2D eigenvalue weighted by Crippen LogP contribution is 2.10. The second-order valence-electron chi connectivity index (χ2n) is 4.78. The Kier molecular flexibility index (Phi) is 6.44. The van der Waals surface area contributed by atoms with Crippen molar-refractivity contribution in [1.82, 2.24) is 10.9 Å². The highest BCUT2D eigenvalue weighted by atomic mass is 35.5. The van der Waals surface area contributed by atoms with Gasteiger partial charge in [0, 0.05) is 17.0 Å². The fourth-order valence-corrected chi connectivity index (χ4v) is 2.02. The first kappa shape index (κ1) is 16.8. The van der Waals surface area contributed by atoms with Crippen molar-refractivity contribution in [2.75, 3.05) is 6.61 Å². The van der Waals surface area contributed by atoms with Crippen molar-refractivity contribution in [3.63, 3.8) is 0 Å². The Morgan fingerprint density at radius 2 is 1.78 bits per heavy atom. The number of hydrogen-bond acceptors (Lipinski definition) is 3. The maximum Gasteiger partial charge on any atom is 0.269 e. The van der Waals surface area contributed by atoms with E-state index >= 15 is 0 Å². The van der Waals surface area contributed by atoms with Gasteiger partial charge in [0.2, 0.25) is 5.91 Å². The van der Waals surface area contributed by atoms with Crippen molar-refractivity contribution in [2.24, 2.45) is 0 Å². The first-order chi connectivity index (χ1) is 11.1. The minimum atomic E-state index is -0.415. The molecule has 0 heterocycles. The number of amides is 2. The third-order valence-corrected chi connectivity index (χ3v) is 3.20. The molecule has 2 aromatic carbocycles. The summed E-state index contributed by atoms with van der Waals surface area (Å²) >= 11 is 5.81. The number of hydrogen-bond donors (Lipinski definition) is 2. The van der Waals surface area contributed by atoms with Crippen LogP contribution in [0.4, 0.5) is 0 Å². The quantitative estimate of drug-likeness (QED) is 0.631. The summed E-state index contributed by atoms with van der Waals surface area (Å²) < 4.78 is 5.48. The predicted octanol–water partition coefficient (Wildman–Crippen LogP) is 2.96. The molecular weight excluding hydrogens is 316 g/mol. The van der Waals surface area contributed by atoms with Gasteiger partial charge >= 0.3 is 0 Å². The van der Waals surface area contributed by atoms with Crippen LogP contribution in [0.1, 0.15) is 23.2 Å². The topological polar surface area (TPSA) is 67.4 Å². The lowest BCUT2D eigenvalue weighted by Crippen LogP contribution is -2.41. The summed E-state index contributed by atoms with van der Waals surface area (Å²) in [5.41, 5.74) is 5.09. The monoisotopic (exact) mass is 332 g/mol. The maximum absolute atomic E-state index is 11.8. The molecule has 2 amide bonds. The largest absolute Gasteiger partial charge is 0.494 e. The molecule has 5 nitrogen and oxygen atoms in total. The van der Waals surface area contributed by atoms with E-state index in [9.17, 15) is 9.59 Å². The molecule has 23 heavy (non-hydrogen) atoms. The van der Waals surface area contributed by atoms with Crippen LogP contribution in [0.5, 0.6) is 5.75 Å². The molecule has 0 unspecified atom stereocenters. The molecule has 0 saturated heterocycles. The van der Waals surface area contributed by atoms with E-state index in [1.807, 2.05) is 30.3 Å². The molecule has 0 aliphatic rings. The number of rotatable bonds is 6. The van der Waals surface area contributed by atoms with E-state index < -0.39 is 5.91 Å². The van der Waals surface area contributed by atoms with Crippen LogP contribution in [0.2, 0.25) is 5.02 Å². The van der Waals surface area contributed by atoms with Crippen LogP contribution in [0, 0.1) is 0 Å². The first-order valence-corrected chi connectivity index (χ1v) is 7.55. The summed E-state index contributed by atoms with van der Waals surface area (Å²) in [7, 11) is 0. The lowest BCUT2D eigenvalue weighted by atomic mass is 10.2. The van der Waals surface area contributed by atoms with Crippen molar-refractivity contribution >= 4 is 23.4 Å². The van der Waals surface area contributed by atoms with Gasteiger partial charge in [-0.05, 0) is 36.8 Å². The summed E-state index contributed by atoms with van der Waals surface area (Å²) in [5, 5.41) is 0.460. The third kappa shape index (κ3) is 6.00. The minimum absolute atomic E-state index is 0.253. The molecule has 0 aliphatic heterocycles. The Balaban J connectivity index is 1.64. The molecule has 0 fully saturated rings. The van der Waals surface area contributed by atoms with Crippen molar-refractivity contribution < 1.29 is 14.3 Å². The second kappa shape index (κ2) is 8.80. The summed E-state index contributed by atoms with van der Waals surface area (Å²) in [6.45, 7) is 0.430. The Labute approximate surface area is 139 Å². The summed E-state index contributed by atoms with van der Waals surface area (Å²) in [4.78, 5) is 23.5. The zero-order valence-corrected chi connectivity index (χ0v) is 13.2. The zero-order valence-electron chi connectivity index (χ0n) is 12.4. The fourth-order valence-electron chi connectivity index (χ4n) is 1.83. The van der Waals surface area contributed by atoms with Gasteiger partial charge in [-0.15, -0.1) is 0 Å². The van der Waals surface area contributed by atoms with Crippen LogP contribution >= 0.6 is 11.6 Å². The molecule has 0 atom stereocenters. The molecule has 0 spiro atoms. The number of hydrazine groups is 1. The number of nitrogens with one attached hydrogen (secondary N) is 2.